The van der Waals surface area contributed by atoms with Crippen molar-refractivity contribution in [3.05, 3.63) is 53.6 Å². The molecule has 0 unspecified atom stereocenters. The normalized spacial score (nSPS) is 9.96. The fraction of sp³-hybridized carbons (Fsp3) is 0.125. The molecule has 23 heavy (non-hydrogen) atoms. The predicted molar refractivity (Wildman–Crippen MR) is 84.5 cm³/mol. The topological polar surface area (TPSA) is 108 Å². The number of carboxylic acid groups (broad SMARTS) is 1. The first-order chi connectivity index (χ1) is 11.0. The molecule has 1 aromatic heterocycles. The van der Waals surface area contributed by atoms with E-state index in [1.807, 2.05) is 0 Å². The Balaban J connectivity index is 2.19. The van der Waals surface area contributed by atoms with Crippen LogP contribution in [0.5, 0.6) is 0 Å². The number of hydrogen-bond donors (Lipinski definition) is 3. The fourth-order valence-electron chi connectivity index (χ4n) is 1.86. The molecule has 0 radical (unpaired) electrons. The second kappa shape index (κ2) is 7.17. The number of carboxylic acids is 1. The van der Waals surface area contributed by atoms with E-state index in [1.54, 1.807) is 37.3 Å². The van der Waals surface area contributed by atoms with E-state index in [4.69, 9.17) is 5.11 Å². The number of anilines is 2. The molecule has 118 valence electrons. The minimum Gasteiger partial charge on any atom is -0.478 e. The van der Waals surface area contributed by atoms with Crippen molar-refractivity contribution in [1.29, 1.82) is 0 Å². The zero-order valence-corrected chi connectivity index (χ0v) is 12.4. The van der Waals surface area contributed by atoms with Gasteiger partial charge in [-0.15, -0.1) is 0 Å². The van der Waals surface area contributed by atoms with Gasteiger partial charge >= 0.3 is 5.97 Å². The summed E-state index contributed by atoms with van der Waals surface area (Å²) in [7, 11) is 0. The quantitative estimate of drug-likeness (QED) is 0.785. The lowest BCUT2D eigenvalue weighted by Gasteiger charge is -2.09. The van der Waals surface area contributed by atoms with Crippen LogP contribution in [0, 0.1) is 0 Å². The van der Waals surface area contributed by atoms with Crippen molar-refractivity contribution in [2.75, 3.05) is 10.6 Å². The van der Waals surface area contributed by atoms with E-state index in [-0.39, 0.29) is 22.9 Å². The third-order valence-electron chi connectivity index (χ3n) is 2.98. The van der Waals surface area contributed by atoms with Gasteiger partial charge in [0.1, 0.15) is 11.6 Å². The molecule has 7 nitrogen and oxygen atoms in total. The van der Waals surface area contributed by atoms with E-state index < -0.39 is 11.9 Å². The molecular formula is C16H15N3O4. The molecule has 0 saturated heterocycles. The van der Waals surface area contributed by atoms with Crippen LogP contribution in [-0.4, -0.2) is 27.9 Å². The van der Waals surface area contributed by atoms with Gasteiger partial charge in [0, 0.05) is 6.42 Å². The number of pyridine rings is 1. The summed E-state index contributed by atoms with van der Waals surface area (Å²) in [6.07, 6.45) is 0.310. The third kappa shape index (κ3) is 4.13. The number of hydrogen-bond acceptors (Lipinski definition) is 4. The summed E-state index contributed by atoms with van der Waals surface area (Å²) >= 11 is 0. The number of rotatable bonds is 5. The van der Waals surface area contributed by atoms with E-state index in [0.29, 0.717) is 12.2 Å². The summed E-state index contributed by atoms with van der Waals surface area (Å²) in [5.74, 6) is -1.45. The van der Waals surface area contributed by atoms with Crippen LogP contribution in [0.3, 0.4) is 0 Å². The van der Waals surface area contributed by atoms with Crippen molar-refractivity contribution in [3.8, 4) is 0 Å². The number of carbonyl (C=O) groups excluding carboxylic acids is 2. The largest absolute Gasteiger partial charge is 0.478 e. The summed E-state index contributed by atoms with van der Waals surface area (Å²) < 4.78 is 0. The van der Waals surface area contributed by atoms with Crippen LogP contribution in [0.4, 0.5) is 11.6 Å². The maximum atomic E-state index is 12.2. The standard InChI is InChI=1S/C16H15N3O4/c1-2-14(20)18-12-8-5-9-13(17-12)19-15(21)10-6-3-4-7-11(10)16(22)23/h3-9H,2H2,1H3,(H,22,23)(H2,17,18,19,20,21). The van der Waals surface area contributed by atoms with Gasteiger partial charge in [0.05, 0.1) is 11.1 Å². The molecule has 0 aliphatic heterocycles. The molecule has 1 aromatic carbocycles. The second-order valence-electron chi connectivity index (χ2n) is 4.61. The van der Waals surface area contributed by atoms with E-state index >= 15 is 0 Å². The number of aromatic carboxylic acids is 1. The van der Waals surface area contributed by atoms with Gasteiger partial charge in [0.15, 0.2) is 0 Å². The van der Waals surface area contributed by atoms with Crippen molar-refractivity contribution in [2.24, 2.45) is 0 Å². The first-order valence-corrected chi connectivity index (χ1v) is 6.92. The number of amides is 2. The number of aromatic nitrogens is 1. The molecule has 0 atom stereocenters. The average Bonchev–Trinajstić information content (AvgIpc) is 2.55. The van der Waals surface area contributed by atoms with Crippen molar-refractivity contribution < 1.29 is 19.5 Å². The average molecular weight is 313 g/mol. The molecule has 0 aliphatic carbocycles. The smallest absolute Gasteiger partial charge is 0.336 e. The zero-order chi connectivity index (χ0) is 16.8. The molecule has 3 N–H and O–H groups in total. The molecule has 7 heteroatoms. The molecule has 0 aliphatic rings. The fourth-order valence-corrected chi connectivity index (χ4v) is 1.86. The Labute approximate surface area is 132 Å². The van der Waals surface area contributed by atoms with Crippen LogP contribution < -0.4 is 10.6 Å². The maximum Gasteiger partial charge on any atom is 0.336 e. The summed E-state index contributed by atoms with van der Waals surface area (Å²) in [5.41, 5.74) is -0.0646. The Morgan fingerprint density at radius 1 is 0.957 bits per heavy atom. The first-order valence-electron chi connectivity index (χ1n) is 6.92. The highest BCUT2D eigenvalue weighted by molar-refractivity contribution is 6.10. The van der Waals surface area contributed by atoms with Gasteiger partial charge in [-0.05, 0) is 24.3 Å². The highest BCUT2D eigenvalue weighted by atomic mass is 16.4. The first kappa shape index (κ1) is 16.2. The number of nitrogens with one attached hydrogen (secondary N) is 2. The van der Waals surface area contributed by atoms with Gasteiger partial charge < -0.3 is 15.7 Å². The van der Waals surface area contributed by atoms with Gasteiger partial charge in [0.2, 0.25) is 5.91 Å². The Morgan fingerprint density at radius 2 is 1.57 bits per heavy atom. The Morgan fingerprint density at radius 3 is 2.17 bits per heavy atom. The van der Waals surface area contributed by atoms with Crippen LogP contribution in [0.1, 0.15) is 34.1 Å². The number of carbonyl (C=O) groups is 3. The minimum absolute atomic E-state index is 0.0322. The van der Waals surface area contributed by atoms with Crippen LogP contribution >= 0.6 is 0 Å². The van der Waals surface area contributed by atoms with Gasteiger partial charge in [-0.25, -0.2) is 9.78 Å². The van der Waals surface area contributed by atoms with Crippen molar-refractivity contribution >= 4 is 29.4 Å². The predicted octanol–water partition coefficient (Wildman–Crippen LogP) is 2.38. The van der Waals surface area contributed by atoms with E-state index in [1.165, 1.54) is 12.1 Å². The van der Waals surface area contributed by atoms with Gasteiger partial charge in [-0.2, -0.15) is 0 Å². The molecule has 0 saturated carbocycles. The van der Waals surface area contributed by atoms with E-state index in [9.17, 15) is 14.4 Å². The third-order valence-corrected chi connectivity index (χ3v) is 2.98. The molecule has 2 amide bonds. The van der Waals surface area contributed by atoms with Gasteiger partial charge in [-0.1, -0.05) is 25.1 Å². The lowest BCUT2D eigenvalue weighted by Crippen LogP contribution is -2.17. The van der Waals surface area contributed by atoms with Gasteiger partial charge in [-0.3, -0.25) is 9.59 Å². The Hall–Kier alpha value is -3.22. The molecular weight excluding hydrogens is 298 g/mol. The Kier molecular flexibility index (Phi) is 5.03. The lowest BCUT2D eigenvalue weighted by atomic mass is 10.1. The molecule has 0 fully saturated rings. The Bertz CT molecular complexity index is 758. The van der Waals surface area contributed by atoms with Crippen molar-refractivity contribution in [2.45, 2.75) is 13.3 Å². The highest BCUT2D eigenvalue weighted by Crippen LogP contribution is 2.14. The molecule has 2 aromatic rings. The van der Waals surface area contributed by atoms with Crippen LogP contribution in [0.2, 0.25) is 0 Å². The van der Waals surface area contributed by atoms with E-state index in [2.05, 4.69) is 15.6 Å². The zero-order valence-electron chi connectivity index (χ0n) is 12.4. The van der Waals surface area contributed by atoms with Crippen LogP contribution in [0.25, 0.3) is 0 Å². The number of benzene rings is 1. The molecule has 1 heterocycles. The molecule has 0 bridgehead atoms. The summed E-state index contributed by atoms with van der Waals surface area (Å²) in [5, 5.41) is 14.2. The summed E-state index contributed by atoms with van der Waals surface area (Å²) in [6, 6.07) is 10.6. The van der Waals surface area contributed by atoms with Crippen molar-refractivity contribution in [1.82, 2.24) is 4.98 Å². The second-order valence-corrected chi connectivity index (χ2v) is 4.61. The highest BCUT2D eigenvalue weighted by Gasteiger charge is 2.16. The monoisotopic (exact) mass is 313 g/mol. The summed E-state index contributed by atoms with van der Waals surface area (Å²) in [6.45, 7) is 1.71. The molecule has 0 spiro atoms. The van der Waals surface area contributed by atoms with Gasteiger partial charge in [0.25, 0.3) is 5.91 Å². The van der Waals surface area contributed by atoms with E-state index in [0.717, 1.165) is 0 Å². The maximum absolute atomic E-state index is 12.2. The lowest BCUT2D eigenvalue weighted by molar-refractivity contribution is -0.115. The SMILES string of the molecule is CCC(=O)Nc1cccc(NC(=O)c2ccccc2C(=O)O)n1. The minimum atomic E-state index is -1.19. The summed E-state index contributed by atoms with van der Waals surface area (Å²) in [4.78, 5) is 38.8. The van der Waals surface area contributed by atoms with Crippen LogP contribution in [-0.2, 0) is 4.79 Å². The van der Waals surface area contributed by atoms with Crippen LogP contribution in [0.15, 0.2) is 42.5 Å². The molecule has 2 rings (SSSR count). The van der Waals surface area contributed by atoms with Crippen molar-refractivity contribution in [3.63, 3.8) is 0 Å². The number of nitrogens with zero attached hydrogens (tertiary/aromatic N) is 1.